The van der Waals surface area contributed by atoms with E-state index in [-0.39, 0.29) is 6.42 Å². The Hall–Kier alpha value is -2.24. The van der Waals surface area contributed by atoms with E-state index < -0.39 is 29.8 Å². The zero-order valence-electron chi connectivity index (χ0n) is 15.0. The average Bonchev–Trinajstić information content (AvgIpc) is 2.59. The molecule has 0 aliphatic heterocycles. The van der Waals surface area contributed by atoms with Crippen LogP contribution in [0.5, 0.6) is 0 Å². The third-order valence-corrected chi connectivity index (χ3v) is 3.65. The first-order valence-electron chi connectivity index (χ1n) is 8.72. The molecule has 0 unspecified atom stereocenters. The summed E-state index contributed by atoms with van der Waals surface area (Å²) in [5.41, 5.74) is 0. The maximum absolute atomic E-state index is 11.9. The number of carbonyl (C=O) groups is 4. The van der Waals surface area contributed by atoms with Crippen LogP contribution in [-0.4, -0.2) is 23.9 Å². The van der Waals surface area contributed by atoms with Gasteiger partial charge in [-0.3, -0.25) is 9.59 Å². The maximum atomic E-state index is 11.9. The van der Waals surface area contributed by atoms with Gasteiger partial charge in [0, 0.05) is 12.2 Å². The Bertz CT molecular complexity index is 446. The number of carbonyl (C=O) groups excluding carboxylic acids is 4. The van der Waals surface area contributed by atoms with Gasteiger partial charge in [0.2, 0.25) is 0 Å². The number of unbranched alkanes of at least 4 members (excludes halogenated alkanes) is 7. The molecule has 0 saturated carbocycles. The van der Waals surface area contributed by atoms with E-state index in [1.165, 1.54) is 25.7 Å². The molecule has 0 heterocycles. The lowest BCUT2D eigenvalue weighted by molar-refractivity contribution is -0.168. The third-order valence-electron chi connectivity index (χ3n) is 3.65. The lowest BCUT2D eigenvalue weighted by atomic mass is 10.00. The SMILES string of the molecule is C=CC(=O)OC(=O)C(CCCCCCCCCC)C(=O)OC(=O)C=C. The Morgan fingerprint density at radius 1 is 0.760 bits per heavy atom. The van der Waals surface area contributed by atoms with Gasteiger partial charge in [0.05, 0.1) is 0 Å². The molecular weight excluding hydrogens is 324 g/mol. The number of hydrogen-bond donors (Lipinski definition) is 0. The van der Waals surface area contributed by atoms with Crippen molar-refractivity contribution in [2.45, 2.75) is 64.7 Å². The van der Waals surface area contributed by atoms with Crippen LogP contribution >= 0.6 is 0 Å². The summed E-state index contributed by atoms with van der Waals surface area (Å²) in [7, 11) is 0. The summed E-state index contributed by atoms with van der Waals surface area (Å²) in [5.74, 6) is -5.28. The van der Waals surface area contributed by atoms with Crippen LogP contribution in [0.15, 0.2) is 25.3 Å². The second kappa shape index (κ2) is 14.1. The monoisotopic (exact) mass is 352 g/mol. The molecule has 0 saturated heterocycles. The second-order valence-corrected chi connectivity index (χ2v) is 5.70. The highest BCUT2D eigenvalue weighted by atomic mass is 16.6. The summed E-state index contributed by atoms with van der Waals surface area (Å²) in [6, 6.07) is 0. The molecule has 0 atom stereocenters. The first kappa shape index (κ1) is 22.8. The van der Waals surface area contributed by atoms with Crippen molar-refractivity contribution in [1.82, 2.24) is 0 Å². The Labute approximate surface area is 149 Å². The van der Waals surface area contributed by atoms with Crippen molar-refractivity contribution in [3.05, 3.63) is 25.3 Å². The minimum absolute atomic E-state index is 0.154. The molecule has 0 radical (unpaired) electrons. The largest absolute Gasteiger partial charge is 0.389 e. The first-order valence-corrected chi connectivity index (χ1v) is 8.72. The number of ether oxygens (including phenoxy) is 2. The zero-order valence-corrected chi connectivity index (χ0v) is 15.0. The van der Waals surface area contributed by atoms with Gasteiger partial charge in [0.15, 0.2) is 5.92 Å². The Balaban J connectivity index is 4.43. The van der Waals surface area contributed by atoms with Crippen molar-refractivity contribution < 1.29 is 28.7 Å². The highest BCUT2D eigenvalue weighted by Gasteiger charge is 2.31. The fourth-order valence-corrected chi connectivity index (χ4v) is 2.24. The van der Waals surface area contributed by atoms with Crippen molar-refractivity contribution in [1.29, 1.82) is 0 Å². The van der Waals surface area contributed by atoms with Crippen molar-refractivity contribution in [3.63, 3.8) is 0 Å². The summed E-state index contributed by atoms with van der Waals surface area (Å²) in [4.78, 5) is 46.1. The van der Waals surface area contributed by atoms with Gasteiger partial charge in [-0.1, -0.05) is 71.4 Å². The summed E-state index contributed by atoms with van der Waals surface area (Å²) < 4.78 is 8.97. The molecule has 0 fully saturated rings. The zero-order chi connectivity index (χ0) is 19.1. The molecule has 25 heavy (non-hydrogen) atoms. The van der Waals surface area contributed by atoms with Gasteiger partial charge < -0.3 is 9.47 Å². The van der Waals surface area contributed by atoms with Gasteiger partial charge in [0.1, 0.15) is 0 Å². The molecule has 0 aliphatic rings. The maximum Gasteiger partial charge on any atom is 0.337 e. The number of hydrogen-bond acceptors (Lipinski definition) is 6. The molecule has 140 valence electrons. The van der Waals surface area contributed by atoms with Crippen molar-refractivity contribution in [2.24, 2.45) is 5.92 Å². The van der Waals surface area contributed by atoms with E-state index in [1.807, 2.05) is 0 Å². The summed E-state index contributed by atoms with van der Waals surface area (Å²) in [6.45, 7) is 8.53. The van der Waals surface area contributed by atoms with Crippen molar-refractivity contribution in [3.8, 4) is 0 Å². The van der Waals surface area contributed by atoms with E-state index in [1.54, 1.807) is 0 Å². The number of esters is 4. The molecule has 0 spiro atoms. The Kier molecular flexibility index (Phi) is 12.9. The Morgan fingerprint density at radius 2 is 1.16 bits per heavy atom. The van der Waals surface area contributed by atoms with E-state index in [2.05, 4.69) is 29.6 Å². The molecule has 0 amide bonds. The van der Waals surface area contributed by atoms with Gasteiger partial charge in [-0.15, -0.1) is 0 Å². The predicted octanol–water partition coefficient (Wildman–Crippen LogP) is 3.65. The number of rotatable bonds is 13. The first-order chi connectivity index (χ1) is 12.0. The van der Waals surface area contributed by atoms with Crippen LogP contribution in [0.3, 0.4) is 0 Å². The molecule has 0 aromatic heterocycles. The predicted molar refractivity (Wildman–Crippen MR) is 93.3 cm³/mol. The summed E-state index contributed by atoms with van der Waals surface area (Å²) >= 11 is 0. The summed E-state index contributed by atoms with van der Waals surface area (Å²) in [5, 5.41) is 0. The standard InChI is InChI=1S/C19H28O6/c1-4-7-8-9-10-11-12-13-14-15(18(22)24-16(20)5-2)19(23)25-17(21)6-3/h5-6,15H,2-4,7-14H2,1H3. The molecule has 6 heteroatoms. The quantitative estimate of drug-likeness (QED) is 0.218. The van der Waals surface area contributed by atoms with Gasteiger partial charge >= 0.3 is 23.9 Å². The van der Waals surface area contributed by atoms with E-state index in [0.717, 1.165) is 31.4 Å². The molecule has 0 aromatic rings. The van der Waals surface area contributed by atoms with E-state index >= 15 is 0 Å². The Morgan fingerprint density at radius 3 is 1.56 bits per heavy atom. The van der Waals surface area contributed by atoms with Crippen molar-refractivity contribution >= 4 is 23.9 Å². The molecule has 0 N–H and O–H groups in total. The molecule has 0 bridgehead atoms. The highest BCUT2D eigenvalue weighted by Crippen LogP contribution is 2.16. The lowest BCUT2D eigenvalue weighted by Gasteiger charge is -2.12. The lowest BCUT2D eigenvalue weighted by Crippen LogP contribution is -2.30. The van der Waals surface area contributed by atoms with Crippen LogP contribution in [0.1, 0.15) is 64.7 Å². The van der Waals surface area contributed by atoms with Crippen molar-refractivity contribution in [2.75, 3.05) is 0 Å². The van der Waals surface area contributed by atoms with Gasteiger partial charge in [-0.2, -0.15) is 0 Å². The molecular formula is C19H28O6. The van der Waals surface area contributed by atoms with Crippen LogP contribution < -0.4 is 0 Å². The average molecular weight is 352 g/mol. The molecule has 0 aromatic carbocycles. The normalized spacial score (nSPS) is 10.2. The third kappa shape index (κ3) is 11.0. The fourth-order valence-electron chi connectivity index (χ4n) is 2.24. The van der Waals surface area contributed by atoms with E-state index in [0.29, 0.717) is 6.42 Å². The fraction of sp³-hybridized carbons (Fsp3) is 0.579. The summed E-state index contributed by atoms with van der Waals surface area (Å²) in [6.07, 6.45) is 10.1. The van der Waals surface area contributed by atoms with Crippen LogP contribution in [0.2, 0.25) is 0 Å². The smallest absolute Gasteiger partial charge is 0.337 e. The van der Waals surface area contributed by atoms with Gasteiger partial charge in [0.25, 0.3) is 0 Å². The minimum Gasteiger partial charge on any atom is -0.389 e. The highest BCUT2D eigenvalue weighted by molar-refractivity contribution is 6.04. The van der Waals surface area contributed by atoms with Gasteiger partial charge in [-0.05, 0) is 6.42 Å². The van der Waals surface area contributed by atoms with E-state index in [4.69, 9.17) is 0 Å². The minimum atomic E-state index is -1.31. The topological polar surface area (TPSA) is 86.7 Å². The van der Waals surface area contributed by atoms with Crippen LogP contribution in [0, 0.1) is 5.92 Å². The molecule has 0 rings (SSSR count). The van der Waals surface area contributed by atoms with E-state index in [9.17, 15) is 19.2 Å². The van der Waals surface area contributed by atoms with Gasteiger partial charge in [-0.25, -0.2) is 9.59 Å². The molecule has 0 aliphatic carbocycles. The van der Waals surface area contributed by atoms with Crippen LogP contribution in [0.4, 0.5) is 0 Å². The van der Waals surface area contributed by atoms with Crippen LogP contribution in [-0.2, 0) is 28.7 Å². The van der Waals surface area contributed by atoms with Crippen LogP contribution in [0.25, 0.3) is 0 Å². The second-order valence-electron chi connectivity index (χ2n) is 5.70. The molecule has 6 nitrogen and oxygen atoms in total.